The van der Waals surface area contributed by atoms with Crippen LogP contribution in [0.15, 0.2) is 24.3 Å². The Morgan fingerprint density at radius 3 is 1.77 bits per heavy atom. The van der Waals surface area contributed by atoms with E-state index in [1.54, 1.807) is 0 Å². The van der Waals surface area contributed by atoms with Gasteiger partial charge >= 0.3 is 0 Å². The van der Waals surface area contributed by atoms with E-state index >= 15 is 0 Å². The smallest absolute Gasteiger partial charge is 0.0289 e. The molecule has 0 aliphatic heterocycles. The highest BCUT2D eigenvalue weighted by atomic mass is 14.8. The Kier molecular flexibility index (Phi) is 3.49. The topological polar surface area (TPSA) is 12.0 Å². The van der Waals surface area contributed by atoms with Crippen molar-refractivity contribution < 1.29 is 0 Å². The molecule has 0 amide bonds. The van der Waals surface area contributed by atoms with Crippen molar-refractivity contribution in [1.82, 2.24) is 5.32 Å². The average Bonchev–Trinajstić information content (AvgIpc) is 2.17. The monoisotopic (exact) mass is 177 g/mol. The molecule has 13 heavy (non-hydrogen) atoms. The maximum Gasteiger partial charge on any atom is 0.0289 e. The predicted octanol–water partition coefficient (Wildman–Crippen LogP) is 3.09. The lowest BCUT2D eigenvalue weighted by atomic mass is 10.00. The van der Waals surface area contributed by atoms with E-state index in [0.29, 0.717) is 12.0 Å². The minimum absolute atomic E-state index is 0.446. The molecule has 1 aromatic rings. The molecule has 0 radical (unpaired) electrons. The summed E-state index contributed by atoms with van der Waals surface area (Å²) in [6, 6.07) is 9.29. The van der Waals surface area contributed by atoms with E-state index in [0.717, 1.165) is 0 Å². The number of hydrogen-bond donors (Lipinski definition) is 1. The summed E-state index contributed by atoms with van der Waals surface area (Å²) < 4.78 is 0. The van der Waals surface area contributed by atoms with Crippen LogP contribution >= 0.6 is 0 Å². The molecular formula is C12H19N. The highest BCUT2D eigenvalue weighted by molar-refractivity contribution is 5.26. The van der Waals surface area contributed by atoms with Crippen molar-refractivity contribution in [1.29, 1.82) is 0 Å². The maximum absolute atomic E-state index is 3.23. The summed E-state index contributed by atoms with van der Waals surface area (Å²) in [4.78, 5) is 0. The van der Waals surface area contributed by atoms with Crippen LogP contribution in [-0.4, -0.2) is 7.05 Å². The zero-order chi connectivity index (χ0) is 9.84. The lowest BCUT2D eigenvalue weighted by molar-refractivity contribution is 0.651. The van der Waals surface area contributed by atoms with Crippen LogP contribution in [0.2, 0.25) is 0 Å². The highest BCUT2D eigenvalue weighted by Gasteiger charge is 2.02. The van der Waals surface area contributed by atoms with Crippen molar-refractivity contribution in [3.8, 4) is 0 Å². The van der Waals surface area contributed by atoms with Crippen molar-refractivity contribution in [2.75, 3.05) is 7.05 Å². The van der Waals surface area contributed by atoms with Crippen LogP contribution in [0.25, 0.3) is 0 Å². The first kappa shape index (κ1) is 10.3. The molecule has 0 bridgehead atoms. The second-order valence-corrected chi connectivity index (χ2v) is 3.83. The summed E-state index contributed by atoms with van der Waals surface area (Å²) in [6.45, 7) is 6.61. The van der Waals surface area contributed by atoms with E-state index in [1.807, 2.05) is 7.05 Å². The average molecular weight is 177 g/mol. The highest BCUT2D eigenvalue weighted by Crippen LogP contribution is 2.17. The summed E-state index contributed by atoms with van der Waals surface area (Å²) in [5, 5.41) is 3.23. The van der Waals surface area contributed by atoms with Gasteiger partial charge in [0, 0.05) is 6.04 Å². The first-order valence-corrected chi connectivity index (χ1v) is 4.92. The van der Waals surface area contributed by atoms with Gasteiger partial charge in [-0.05, 0) is 31.0 Å². The molecule has 72 valence electrons. The SMILES string of the molecule is CN[C@H](C)c1ccc(C(C)C)cc1. The van der Waals surface area contributed by atoms with Crippen LogP contribution in [0.3, 0.4) is 0 Å². The van der Waals surface area contributed by atoms with E-state index in [-0.39, 0.29) is 0 Å². The second kappa shape index (κ2) is 4.43. The van der Waals surface area contributed by atoms with Crippen molar-refractivity contribution in [3.63, 3.8) is 0 Å². The van der Waals surface area contributed by atoms with E-state index in [1.165, 1.54) is 11.1 Å². The van der Waals surface area contributed by atoms with Crippen molar-refractivity contribution in [2.45, 2.75) is 32.7 Å². The summed E-state index contributed by atoms with van der Waals surface area (Å²) in [6.07, 6.45) is 0. The van der Waals surface area contributed by atoms with Gasteiger partial charge in [-0.25, -0.2) is 0 Å². The third-order valence-corrected chi connectivity index (χ3v) is 2.54. The van der Waals surface area contributed by atoms with Crippen LogP contribution in [0, 0.1) is 0 Å². The summed E-state index contributed by atoms with van der Waals surface area (Å²) in [5.41, 5.74) is 2.76. The Labute approximate surface area is 81.2 Å². The molecule has 1 atom stereocenters. The summed E-state index contributed by atoms with van der Waals surface area (Å²) in [7, 11) is 1.99. The van der Waals surface area contributed by atoms with E-state index in [9.17, 15) is 0 Å². The molecule has 0 saturated carbocycles. The Morgan fingerprint density at radius 1 is 0.923 bits per heavy atom. The second-order valence-electron chi connectivity index (χ2n) is 3.83. The van der Waals surface area contributed by atoms with Gasteiger partial charge in [-0.15, -0.1) is 0 Å². The number of nitrogens with one attached hydrogen (secondary N) is 1. The van der Waals surface area contributed by atoms with Crippen molar-refractivity contribution >= 4 is 0 Å². The molecule has 1 heteroatoms. The molecule has 0 heterocycles. The first-order valence-electron chi connectivity index (χ1n) is 4.92. The fourth-order valence-electron chi connectivity index (χ4n) is 1.34. The minimum atomic E-state index is 0.446. The van der Waals surface area contributed by atoms with Gasteiger partial charge < -0.3 is 5.32 Å². The van der Waals surface area contributed by atoms with Crippen LogP contribution < -0.4 is 5.32 Å². The van der Waals surface area contributed by atoms with Gasteiger partial charge in [-0.1, -0.05) is 38.1 Å². The lowest BCUT2D eigenvalue weighted by Crippen LogP contribution is -2.12. The number of benzene rings is 1. The van der Waals surface area contributed by atoms with Crippen LogP contribution in [-0.2, 0) is 0 Å². The zero-order valence-corrected chi connectivity index (χ0v) is 8.96. The minimum Gasteiger partial charge on any atom is -0.313 e. The molecule has 1 rings (SSSR count). The quantitative estimate of drug-likeness (QED) is 0.748. The van der Waals surface area contributed by atoms with Crippen molar-refractivity contribution in [2.24, 2.45) is 0 Å². The molecule has 1 nitrogen and oxygen atoms in total. The number of hydrogen-bond acceptors (Lipinski definition) is 1. The van der Waals surface area contributed by atoms with Gasteiger partial charge in [0.15, 0.2) is 0 Å². The molecule has 0 spiro atoms. The predicted molar refractivity (Wildman–Crippen MR) is 58.0 cm³/mol. The summed E-state index contributed by atoms with van der Waals surface area (Å²) >= 11 is 0. The largest absolute Gasteiger partial charge is 0.313 e. The van der Waals surface area contributed by atoms with E-state index < -0.39 is 0 Å². The molecule has 0 unspecified atom stereocenters. The molecular weight excluding hydrogens is 158 g/mol. The fraction of sp³-hybridized carbons (Fsp3) is 0.500. The van der Waals surface area contributed by atoms with Crippen LogP contribution in [0.1, 0.15) is 43.9 Å². The molecule has 0 aliphatic carbocycles. The van der Waals surface area contributed by atoms with E-state index in [4.69, 9.17) is 0 Å². The molecule has 0 saturated heterocycles. The Hall–Kier alpha value is -0.820. The molecule has 0 aliphatic rings. The zero-order valence-electron chi connectivity index (χ0n) is 8.96. The Morgan fingerprint density at radius 2 is 1.38 bits per heavy atom. The lowest BCUT2D eigenvalue weighted by Gasteiger charge is -2.12. The third kappa shape index (κ3) is 2.56. The summed E-state index contributed by atoms with van der Waals surface area (Å²) in [5.74, 6) is 0.624. The standard InChI is InChI=1S/C12H19N/c1-9(2)11-5-7-12(8-6-11)10(3)13-4/h5-10,13H,1-4H3/t10-/m1/s1. The maximum atomic E-state index is 3.23. The van der Waals surface area contributed by atoms with Crippen molar-refractivity contribution in [3.05, 3.63) is 35.4 Å². The van der Waals surface area contributed by atoms with Gasteiger partial charge in [-0.3, -0.25) is 0 Å². The third-order valence-electron chi connectivity index (χ3n) is 2.54. The van der Waals surface area contributed by atoms with Crippen LogP contribution in [0.4, 0.5) is 0 Å². The van der Waals surface area contributed by atoms with Crippen LogP contribution in [0.5, 0.6) is 0 Å². The molecule has 0 aromatic heterocycles. The molecule has 1 N–H and O–H groups in total. The Balaban J connectivity index is 2.81. The molecule has 0 fully saturated rings. The number of rotatable bonds is 3. The normalized spacial score (nSPS) is 13.3. The first-order chi connectivity index (χ1) is 6.15. The Bertz CT molecular complexity index is 248. The fourth-order valence-corrected chi connectivity index (χ4v) is 1.34. The van der Waals surface area contributed by atoms with Gasteiger partial charge in [0.25, 0.3) is 0 Å². The van der Waals surface area contributed by atoms with Gasteiger partial charge in [0.1, 0.15) is 0 Å². The molecule has 1 aromatic carbocycles. The van der Waals surface area contributed by atoms with Gasteiger partial charge in [0.05, 0.1) is 0 Å². The van der Waals surface area contributed by atoms with E-state index in [2.05, 4.69) is 50.4 Å². The van der Waals surface area contributed by atoms with Gasteiger partial charge in [-0.2, -0.15) is 0 Å². The van der Waals surface area contributed by atoms with Gasteiger partial charge in [0.2, 0.25) is 0 Å².